The topological polar surface area (TPSA) is 35.5 Å². The Balaban J connectivity index is 1.17. The molecule has 210 valence electrons. The highest BCUT2D eigenvalue weighted by atomic mass is 35.5. The van der Waals surface area contributed by atoms with Gasteiger partial charge in [0.05, 0.1) is 0 Å². The minimum absolute atomic E-state index is 0.0976. The molecule has 0 heterocycles. The van der Waals surface area contributed by atoms with E-state index in [9.17, 15) is 4.79 Å². The van der Waals surface area contributed by atoms with Gasteiger partial charge in [0.25, 0.3) is 0 Å². The molecule has 3 fully saturated rings. The molecular formula is C34H49ClO3. The molecular weight excluding hydrogens is 492 g/mol. The maximum Gasteiger partial charge on any atom is 0.514 e. The van der Waals surface area contributed by atoms with Crippen LogP contribution in [0.15, 0.2) is 35.9 Å². The van der Waals surface area contributed by atoms with Gasteiger partial charge in [-0.3, -0.25) is 0 Å². The first kappa shape index (κ1) is 28.1. The highest BCUT2D eigenvalue weighted by molar-refractivity contribution is 6.30. The molecule has 3 saturated carbocycles. The van der Waals surface area contributed by atoms with E-state index in [1.54, 1.807) is 24.3 Å². The highest BCUT2D eigenvalue weighted by Gasteiger charge is 2.58. The van der Waals surface area contributed by atoms with Crippen molar-refractivity contribution in [3.8, 4) is 5.75 Å². The van der Waals surface area contributed by atoms with Crippen LogP contribution in [0.5, 0.6) is 5.75 Å². The molecule has 5 rings (SSSR count). The Morgan fingerprint density at radius 1 is 1.00 bits per heavy atom. The van der Waals surface area contributed by atoms with E-state index in [1.807, 2.05) is 0 Å². The fourth-order valence-electron chi connectivity index (χ4n) is 9.27. The fraction of sp³-hybridized carbons (Fsp3) is 0.735. The molecule has 7 atom stereocenters. The van der Waals surface area contributed by atoms with Crippen molar-refractivity contribution in [1.82, 2.24) is 0 Å². The third-order valence-electron chi connectivity index (χ3n) is 11.4. The lowest BCUT2D eigenvalue weighted by atomic mass is 9.47. The van der Waals surface area contributed by atoms with Crippen LogP contribution in [0.4, 0.5) is 4.79 Å². The third-order valence-corrected chi connectivity index (χ3v) is 11.7. The quantitative estimate of drug-likeness (QED) is 0.135. The Labute approximate surface area is 236 Å². The third kappa shape index (κ3) is 5.70. The molecule has 0 aliphatic heterocycles. The molecule has 0 radical (unpaired) electrons. The van der Waals surface area contributed by atoms with Gasteiger partial charge in [-0.15, -0.1) is 0 Å². The lowest BCUT2D eigenvalue weighted by Gasteiger charge is -2.58. The summed E-state index contributed by atoms with van der Waals surface area (Å²) in [6.07, 6.45) is 21.6. The first-order chi connectivity index (χ1) is 18.3. The number of hydrogen-bond acceptors (Lipinski definition) is 3. The SMILES string of the molecule is CCCCCCCCC1CCC2C3CC=C4C[C@@H](OC(=O)Oc5cccc(Cl)c5)CC[C@]4(C)C3CC[C@]12C. The Kier molecular flexibility index (Phi) is 8.82. The average molecular weight is 541 g/mol. The summed E-state index contributed by atoms with van der Waals surface area (Å²) < 4.78 is 11.2. The zero-order valence-corrected chi connectivity index (χ0v) is 24.7. The summed E-state index contributed by atoms with van der Waals surface area (Å²) in [6.45, 7) is 7.50. The number of carbonyl (C=O) groups excluding carboxylic acids is 1. The zero-order chi connectivity index (χ0) is 26.8. The number of allylic oxidation sites excluding steroid dienone is 1. The Morgan fingerprint density at radius 2 is 1.82 bits per heavy atom. The largest absolute Gasteiger partial charge is 0.514 e. The molecule has 0 N–H and O–H groups in total. The van der Waals surface area contributed by atoms with Crippen LogP contribution in [0.2, 0.25) is 5.02 Å². The number of ether oxygens (including phenoxy) is 2. The van der Waals surface area contributed by atoms with E-state index < -0.39 is 6.16 Å². The van der Waals surface area contributed by atoms with Gasteiger partial charge in [0.15, 0.2) is 0 Å². The maximum absolute atomic E-state index is 12.5. The predicted molar refractivity (Wildman–Crippen MR) is 156 cm³/mol. The second-order valence-corrected chi connectivity index (χ2v) is 13.9. The van der Waals surface area contributed by atoms with Gasteiger partial charge in [-0.25, -0.2) is 4.79 Å². The first-order valence-corrected chi connectivity index (χ1v) is 16.0. The predicted octanol–water partition coefficient (Wildman–Crippen LogP) is 10.6. The van der Waals surface area contributed by atoms with E-state index >= 15 is 0 Å². The van der Waals surface area contributed by atoms with Crippen LogP contribution in [0.25, 0.3) is 0 Å². The van der Waals surface area contributed by atoms with Crippen molar-refractivity contribution in [1.29, 1.82) is 0 Å². The zero-order valence-electron chi connectivity index (χ0n) is 24.0. The standard InChI is InChI=1S/C34H49ClO3/c1-4-5-6-7-8-9-11-24-15-17-30-29-16-14-25-22-28(38-32(36)37-27-13-10-12-26(35)23-27)18-20-34(25,3)31(29)19-21-33(24,30)2/h10,12-14,23-24,28-31H,4-9,11,15-22H2,1-3H3/t24?,28-,29?,30?,31?,33+,34-/m0/s1. The van der Waals surface area contributed by atoms with Gasteiger partial charge in [0, 0.05) is 11.4 Å². The number of benzene rings is 1. The van der Waals surface area contributed by atoms with Gasteiger partial charge in [-0.05, 0) is 104 Å². The molecule has 3 nitrogen and oxygen atoms in total. The number of rotatable bonds is 9. The normalized spacial score (nSPS) is 36.0. The van der Waals surface area contributed by atoms with Gasteiger partial charge in [0.1, 0.15) is 11.9 Å². The van der Waals surface area contributed by atoms with Gasteiger partial charge in [-0.1, -0.05) is 88.6 Å². The second-order valence-electron chi connectivity index (χ2n) is 13.4. The minimum Gasteiger partial charge on any atom is -0.430 e. The van der Waals surface area contributed by atoms with Gasteiger partial charge >= 0.3 is 6.16 Å². The maximum atomic E-state index is 12.5. The van der Waals surface area contributed by atoms with Crippen LogP contribution in [0.3, 0.4) is 0 Å². The van der Waals surface area contributed by atoms with E-state index in [0.29, 0.717) is 16.2 Å². The van der Waals surface area contributed by atoms with Crippen molar-refractivity contribution in [2.24, 2.45) is 34.5 Å². The van der Waals surface area contributed by atoms with Crippen molar-refractivity contribution < 1.29 is 14.3 Å². The van der Waals surface area contributed by atoms with E-state index in [0.717, 1.165) is 42.9 Å². The number of unbranched alkanes of at least 4 members (excludes halogenated alkanes) is 5. The summed E-state index contributed by atoms with van der Waals surface area (Å²) in [6, 6.07) is 6.91. The summed E-state index contributed by atoms with van der Waals surface area (Å²) in [5, 5.41) is 0.547. The first-order valence-electron chi connectivity index (χ1n) is 15.7. The van der Waals surface area contributed by atoms with Crippen LogP contribution in [-0.4, -0.2) is 12.3 Å². The molecule has 0 bridgehead atoms. The molecule has 0 aromatic heterocycles. The molecule has 4 aliphatic carbocycles. The summed E-state index contributed by atoms with van der Waals surface area (Å²) in [7, 11) is 0. The Hall–Kier alpha value is -1.48. The lowest BCUT2D eigenvalue weighted by Crippen LogP contribution is -2.50. The molecule has 38 heavy (non-hydrogen) atoms. The average Bonchev–Trinajstić information content (AvgIpc) is 3.22. The molecule has 0 spiro atoms. The van der Waals surface area contributed by atoms with Gasteiger partial charge < -0.3 is 9.47 Å². The monoisotopic (exact) mass is 540 g/mol. The molecule has 4 aliphatic rings. The van der Waals surface area contributed by atoms with Gasteiger partial charge in [0.2, 0.25) is 0 Å². The molecule has 1 aromatic carbocycles. The van der Waals surface area contributed by atoms with E-state index in [2.05, 4.69) is 26.8 Å². The van der Waals surface area contributed by atoms with Crippen LogP contribution >= 0.6 is 11.6 Å². The van der Waals surface area contributed by atoms with Crippen LogP contribution in [-0.2, 0) is 4.74 Å². The van der Waals surface area contributed by atoms with Crippen LogP contribution in [0, 0.1) is 34.5 Å². The van der Waals surface area contributed by atoms with E-state index in [1.165, 1.54) is 82.6 Å². The van der Waals surface area contributed by atoms with Crippen molar-refractivity contribution in [3.63, 3.8) is 0 Å². The lowest BCUT2D eigenvalue weighted by molar-refractivity contribution is -0.0538. The van der Waals surface area contributed by atoms with Crippen LogP contribution in [0.1, 0.15) is 117 Å². The second kappa shape index (κ2) is 11.9. The highest BCUT2D eigenvalue weighted by Crippen LogP contribution is 2.66. The number of fused-ring (bicyclic) bond motifs is 5. The molecule has 4 unspecified atom stereocenters. The molecule has 4 heteroatoms. The molecule has 1 aromatic rings. The van der Waals surface area contributed by atoms with Crippen LogP contribution < -0.4 is 4.74 Å². The smallest absolute Gasteiger partial charge is 0.430 e. The van der Waals surface area contributed by atoms with E-state index in [-0.39, 0.29) is 11.5 Å². The van der Waals surface area contributed by atoms with E-state index in [4.69, 9.17) is 21.1 Å². The number of carbonyl (C=O) groups is 1. The summed E-state index contributed by atoms with van der Waals surface area (Å²) in [4.78, 5) is 12.5. The molecule has 0 saturated heterocycles. The van der Waals surface area contributed by atoms with Gasteiger partial charge in [-0.2, -0.15) is 0 Å². The Morgan fingerprint density at radius 3 is 2.63 bits per heavy atom. The summed E-state index contributed by atoms with van der Waals surface area (Å²) in [5.74, 6) is 3.88. The fourth-order valence-corrected chi connectivity index (χ4v) is 9.45. The van der Waals surface area contributed by atoms with Crippen molar-refractivity contribution in [2.45, 2.75) is 123 Å². The molecule has 0 amide bonds. The van der Waals surface area contributed by atoms with Crippen molar-refractivity contribution in [3.05, 3.63) is 40.9 Å². The minimum atomic E-state index is -0.619. The van der Waals surface area contributed by atoms with Crippen molar-refractivity contribution >= 4 is 17.8 Å². The Bertz CT molecular complexity index is 1000. The van der Waals surface area contributed by atoms with Crippen molar-refractivity contribution in [2.75, 3.05) is 0 Å². The number of halogens is 1. The summed E-state index contributed by atoms with van der Waals surface area (Å²) >= 11 is 6.02. The number of hydrogen-bond donors (Lipinski definition) is 0. The summed E-state index contributed by atoms with van der Waals surface area (Å²) in [5.41, 5.74) is 2.35.